The van der Waals surface area contributed by atoms with E-state index in [-0.39, 0.29) is 25.2 Å². The Labute approximate surface area is 411 Å². The van der Waals surface area contributed by atoms with Crippen molar-refractivity contribution in [2.24, 2.45) is 0 Å². The van der Waals surface area contributed by atoms with Crippen LogP contribution in [0.5, 0.6) is 0 Å². The van der Waals surface area contributed by atoms with Gasteiger partial charge in [0.25, 0.3) is 0 Å². The second kappa shape index (κ2) is 56.9. The Morgan fingerprint density at radius 2 is 0.576 bits per heavy atom. The van der Waals surface area contributed by atoms with Gasteiger partial charge in [-0.3, -0.25) is 9.59 Å². The molecular formula is C61H110O5. The van der Waals surface area contributed by atoms with Crippen molar-refractivity contribution in [3.05, 3.63) is 60.8 Å². The molecule has 0 saturated heterocycles. The number of ether oxygens (including phenoxy) is 3. The first-order chi connectivity index (χ1) is 32.6. The molecule has 5 nitrogen and oxygen atoms in total. The summed E-state index contributed by atoms with van der Waals surface area (Å²) in [4.78, 5) is 25.3. The van der Waals surface area contributed by atoms with Gasteiger partial charge in [0.05, 0.1) is 0 Å². The van der Waals surface area contributed by atoms with Crippen molar-refractivity contribution in [3.8, 4) is 0 Å². The number of allylic oxidation sites excluding steroid dienone is 10. The molecule has 0 fully saturated rings. The van der Waals surface area contributed by atoms with Crippen molar-refractivity contribution < 1.29 is 23.8 Å². The molecule has 0 aliphatic heterocycles. The fourth-order valence-electron chi connectivity index (χ4n) is 8.17. The molecule has 0 bridgehead atoms. The molecule has 0 rings (SSSR count). The second-order valence-electron chi connectivity index (χ2n) is 19.2. The maximum atomic E-state index is 12.7. The van der Waals surface area contributed by atoms with Crippen LogP contribution in [0.4, 0.5) is 0 Å². The third kappa shape index (κ3) is 54.2. The SMILES string of the molecule is CCCCC/C=C\C/C=C\C/C=C\C/C=C\CCCCCC(=O)OC[C@H](COC(=O)CCCCCCC/C=C\CCCCCCCC)OCCCCCCCCCCCCCCCCCC. The van der Waals surface area contributed by atoms with Gasteiger partial charge in [0.2, 0.25) is 0 Å². The lowest BCUT2D eigenvalue weighted by molar-refractivity contribution is -0.155. The van der Waals surface area contributed by atoms with Crippen LogP contribution in [-0.4, -0.2) is 37.9 Å². The normalized spacial score (nSPS) is 12.6. The van der Waals surface area contributed by atoms with Gasteiger partial charge in [0.15, 0.2) is 0 Å². The van der Waals surface area contributed by atoms with E-state index >= 15 is 0 Å². The summed E-state index contributed by atoms with van der Waals surface area (Å²) in [6.07, 6.45) is 72.6. The minimum atomic E-state index is -0.416. The summed E-state index contributed by atoms with van der Waals surface area (Å²) in [7, 11) is 0. The fourth-order valence-corrected chi connectivity index (χ4v) is 8.17. The maximum absolute atomic E-state index is 12.7. The van der Waals surface area contributed by atoms with E-state index in [0.717, 1.165) is 83.5 Å². The Hall–Kier alpha value is -2.40. The molecule has 0 aliphatic rings. The van der Waals surface area contributed by atoms with Crippen molar-refractivity contribution in [2.75, 3.05) is 19.8 Å². The summed E-state index contributed by atoms with van der Waals surface area (Å²) in [5.41, 5.74) is 0. The Balaban J connectivity index is 4.31. The Morgan fingerprint density at radius 3 is 0.955 bits per heavy atom. The van der Waals surface area contributed by atoms with Crippen molar-refractivity contribution in [2.45, 2.75) is 297 Å². The van der Waals surface area contributed by atoms with Gasteiger partial charge in [-0.15, -0.1) is 0 Å². The molecule has 0 aromatic rings. The van der Waals surface area contributed by atoms with E-state index in [1.54, 1.807) is 0 Å². The van der Waals surface area contributed by atoms with Crippen LogP contribution in [-0.2, 0) is 23.8 Å². The molecule has 1 atom stereocenters. The third-order valence-electron chi connectivity index (χ3n) is 12.6. The van der Waals surface area contributed by atoms with E-state index in [2.05, 4.69) is 81.5 Å². The zero-order valence-corrected chi connectivity index (χ0v) is 44.2. The van der Waals surface area contributed by atoms with Crippen LogP contribution >= 0.6 is 0 Å². The lowest BCUT2D eigenvalue weighted by atomic mass is 10.0. The van der Waals surface area contributed by atoms with Crippen LogP contribution in [0.2, 0.25) is 0 Å². The van der Waals surface area contributed by atoms with E-state index in [1.165, 1.54) is 173 Å². The highest BCUT2D eigenvalue weighted by molar-refractivity contribution is 5.69. The molecule has 0 amide bonds. The number of carbonyl (C=O) groups excluding carboxylic acids is 2. The Bertz CT molecular complexity index is 1130. The molecule has 0 aromatic heterocycles. The van der Waals surface area contributed by atoms with E-state index in [0.29, 0.717) is 19.4 Å². The van der Waals surface area contributed by atoms with Gasteiger partial charge in [0.1, 0.15) is 19.3 Å². The van der Waals surface area contributed by atoms with Crippen molar-refractivity contribution in [1.29, 1.82) is 0 Å². The smallest absolute Gasteiger partial charge is 0.305 e. The lowest BCUT2D eigenvalue weighted by Crippen LogP contribution is -2.29. The first-order valence-electron chi connectivity index (χ1n) is 28.8. The average molecular weight is 924 g/mol. The van der Waals surface area contributed by atoms with E-state index < -0.39 is 6.10 Å². The summed E-state index contributed by atoms with van der Waals surface area (Å²) in [5.74, 6) is -0.368. The first-order valence-corrected chi connectivity index (χ1v) is 28.8. The molecule has 0 aliphatic carbocycles. The van der Waals surface area contributed by atoms with E-state index in [9.17, 15) is 9.59 Å². The highest BCUT2D eigenvalue weighted by Crippen LogP contribution is 2.15. The number of rotatable bonds is 53. The van der Waals surface area contributed by atoms with Crippen molar-refractivity contribution >= 4 is 11.9 Å². The average Bonchev–Trinajstić information content (AvgIpc) is 3.32. The minimum absolute atomic E-state index is 0.139. The van der Waals surface area contributed by atoms with Gasteiger partial charge in [-0.05, 0) is 89.9 Å². The van der Waals surface area contributed by atoms with E-state index in [1.807, 2.05) is 0 Å². The van der Waals surface area contributed by atoms with Crippen molar-refractivity contribution in [1.82, 2.24) is 0 Å². The quantitative estimate of drug-likeness (QED) is 0.0346. The van der Waals surface area contributed by atoms with Crippen LogP contribution in [0.25, 0.3) is 0 Å². The molecule has 0 unspecified atom stereocenters. The van der Waals surface area contributed by atoms with Crippen LogP contribution in [0.3, 0.4) is 0 Å². The highest BCUT2D eigenvalue weighted by atomic mass is 16.6. The van der Waals surface area contributed by atoms with Crippen LogP contribution in [0, 0.1) is 0 Å². The van der Waals surface area contributed by atoms with Crippen LogP contribution in [0.1, 0.15) is 290 Å². The molecule has 0 spiro atoms. The first kappa shape index (κ1) is 63.6. The van der Waals surface area contributed by atoms with Gasteiger partial charge in [-0.25, -0.2) is 0 Å². The number of hydrogen-bond acceptors (Lipinski definition) is 5. The van der Waals surface area contributed by atoms with E-state index in [4.69, 9.17) is 14.2 Å². The lowest BCUT2D eigenvalue weighted by Gasteiger charge is -2.18. The number of hydrogen-bond donors (Lipinski definition) is 0. The highest BCUT2D eigenvalue weighted by Gasteiger charge is 2.16. The number of esters is 2. The predicted molar refractivity (Wildman–Crippen MR) is 288 cm³/mol. The fraction of sp³-hybridized carbons (Fsp3) is 0.803. The Kier molecular flexibility index (Phi) is 54.9. The Morgan fingerprint density at radius 1 is 0.318 bits per heavy atom. The summed E-state index contributed by atoms with van der Waals surface area (Å²) in [6.45, 7) is 7.69. The third-order valence-corrected chi connectivity index (χ3v) is 12.6. The standard InChI is InChI=1S/C61H110O5/c1-4-7-10-13-16-19-22-25-28-30-31-32-34-37-40-43-46-49-52-55-61(63)66-58-59(64-56-53-50-47-44-41-38-35-29-26-23-20-17-14-11-8-5-2)57-65-60(62)54-51-48-45-42-39-36-33-27-24-21-18-15-12-9-6-3/h16,19,25,27-28,31-33,37,40,59H,4-15,17-18,20-24,26,29-30,34-36,38-39,41-58H2,1-3H3/b19-16-,28-25-,32-31-,33-27-,40-37-/t59-/m0/s1. The summed E-state index contributed by atoms with van der Waals surface area (Å²) < 4.78 is 17.5. The molecular weight excluding hydrogens is 813 g/mol. The molecule has 0 saturated carbocycles. The summed E-state index contributed by atoms with van der Waals surface area (Å²) in [5, 5.41) is 0. The van der Waals surface area contributed by atoms with Gasteiger partial charge >= 0.3 is 11.9 Å². The molecule has 0 radical (unpaired) electrons. The number of carbonyl (C=O) groups is 2. The summed E-state index contributed by atoms with van der Waals surface area (Å²) in [6, 6.07) is 0. The molecule has 0 heterocycles. The predicted octanol–water partition coefficient (Wildman–Crippen LogP) is 19.7. The monoisotopic (exact) mass is 923 g/mol. The maximum Gasteiger partial charge on any atom is 0.305 e. The number of unbranched alkanes of at least 4 members (excludes halogenated alkanes) is 32. The van der Waals surface area contributed by atoms with Crippen LogP contribution < -0.4 is 0 Å². The molecule has 0 aromatic carbocycles. The zero-order valence-electron chi connectivity index (χ0n) is 44.2. The molecule has 66 heavy (non-hydrogen) atoms. The summed E-state index contributed by atoms with van der Waals surface area (Å²) >= 11 is 0. The van der Waals surface area contributed by atoms with Gasteiger partial charge in [-0.1, -0.05) is 248 Å². The van der Waals surface area contributed by atoms with Gasteiger partial charge < -0.3 is 14.2 Å². The van der Waals surface area contributed by atoms with Crippen molar-refractivity contribution in [3.63, 3.8) is 0 Å². The van der Waals surface area contributed by atoms with Gasteiger partial charge in [-0.2, -0.15) is 0 Å². The second-order valence-corrected chi connectivity index (χ2v) is 19.2. The molecule has 0 N–H and O–H groups in total. The van der Waals surface area contributed by atoms with Crippen LogP contribution in [0.15, 0.2) is 60.8 Å². The molecule has 5 heteroatoms. The topological polar surface area (TPSA) is 61.8 Å². The minimum Gasteiger partial charge on any atom is -0.463 e. The van der Waals surface area contributed by atoms with Gasteiger partial charge in [0, 0.05) is 19.4 Å². The molecule has 384 valence electrons. The largest absolute Gasteiger partial charge is 0.463 e. The zero-order chi connectivity index (χ0) is 47.7.